The Morgan fingerprint density at radius 2 is 1.68 bits per heavy atom. The summed E-state index contributed by atoms with van der Waals surface area (Å²) in [6.45, 7) is 4.09. The van der Waals surface area contributed by atoms with Crippen LogP contribution in [0.15, 0.2) is 71.6 Å². The van der Waals surface area contributed by atoms with Crippen molar-refractivity contribution < 1.29 is 17.9 Å². The average Bonchev–Trinajstić information content (AvgIpc) is 3.29. The molecule has 1 saturated heterocycles. The summed E-state index contributed by atoms with van der Waals surface area (Å²) in [7, 11) is -3.68. The maximum absolute atomic E-state index is 13.0. The summed E-state index contributed by atoms with van der Waals surface area (Å²) < 4.78 is 32.7. The van der Waals surface area contributed by atoms with Crippen LogP contribution in [0.2, 0.25) is 0 Å². The van der Waals surface area contributed by atoms with Gasteiger partial charge in [0.1, 0.15) is 0 Å². The first kappa shape index (κ1) is 22.6. The molecule has 1 fully saturated rings. The van der Waals surface area contributed by atoms with E-state index in [0.29, 0.717) is 43.1 Å². The molecule has 0 saturated carbocycles. The number of morpholine rings is 1. The molecule has 5 rings (SSSR count). The number of para-hydroxylation sites is 1. The van der Waals surface area contributed by atoms with Crippen molar-refractivity contribution in [2.24, 2.45) is 0 Å². The average molecular weight is 478 g/mol. The molecule has 0 spiro atoms. The molecule has 0 radical (unpaired) electrons. The highest BCUT2D eigenvalue weighted by Crippen LogP contribution is 2.34. The van der Waals surface area contributed by atoms with E-state index in [1.54, 1.807) is 19.1 Å². The van der Waals surface area contributed by atoms with Crippen LogP contribution in [0.4, 0.5) is 17.1 Å². The summed E-state index contributed by atoms with van der Waals surface area (Å²) in [4.78, 5) is 15.4. The van der Waals surface area contributed by atoms with Crippen LogP contribution in [-0.4, -0.2) is 51.5 Å². The molecule has 0 bridgehead atoms. The van der Waals surface area contributed by atoms with Gasteiger partial charge in [-0.25, -0.2) is 8.42 Å². The third-order valence-corrected chi connectivity index (χ3v) is 8.28. The van der Waals surface area contributed by atoms with E-state index in [2.05, 4.69) is 28.4 Å². The van der Waals surface area contributed by atoms with Gasteiger partial charge in [-0.15, -0.1) is 0 Å². The van der Waals surface area contributed by atoms with Crippen molar-refractivity contribution in [3.05, 3.63) is 83.4 Å². The molecule has 0 atom stereocenters. The summed E-state index contributed by atoms with van der Waals surface area (Å²) >= 11 is 0. The molecule has 7 nitrogen and oxygen atoms in total. The first-order valence-corrected chi connectivity index (χ1v) is 12.8. The number of nitrogens with one attached hydrogen (secondary N) is 1. The lowest BCUT2D eigenvalue weighted by atomic mass is 10.1. The lowest BCUT2D eigenvalue weighted by Gasteiger charge is -2.26. The third kappa shape index (κ3) is 4.32. The molecule has 3 aromatic carbocycles. The van der Waals surface area contributed by atoms with Crippen molar-refractivity contribution in [2.75, 3.05) is 43.1 Å². The minimum atomic E-state index is -3.68. The highest BCUT2D eigenvalue weighted by molar-refractivity contribution is 7.89. The predicted molar refractivity (Wildman–Crippen MR) is 132 cm³/mol. The van der Waals surface area contributed by atoms with Crippen molar-refractivity contribution in [3.63, 3.8) is 0 Å². The van der Waals surface area contributed by atoms with Crippen molar-refractivity contribution in [1.29, 1.82) is 0 Å². The van der Waals surface area contributed by atoms with E-state index < -0.39 is 10.0 Å². The molecule has 1 N–H and O–H groups in total. The molecular formula is C26H27N3O4S. The summed E-state index contributed by atoms with van der Waals surface area (Å²) in [5, 5.41) is 2.91. The number of rotatable bonds is 5. The summed E-state index contributed by atoms with van der Waals surface area (Å²) in [6, 6.07) is 20.8. The van der Waals surface area contributed by atoms with E-state index in [-0.39, 0.29) is 10.8 Å². The Morgan fingerprint density at radius 3 is 2.44 bits per heavy atom. The van der Waals surface area contributed by atoms with E-state index in [1.807, 2.05) is 30.3 Å². The van der Waals surface area contributed by atoms with Crippen LogP contribution in [0, 0.1) is 6.92 Å². The minimum absolute atomic E-state index is 0.119. The Balaban J connectivity index is 1.33. The number of hydrogen-bond acceptors (Lipinski definition) is 5. The van der Waals surface area contributed by atoms with Gasteiger partial charge >= 0.3 is 0 Å². The number of ether oxygens (including phenoxy) is 1. The first-order valence-electron chi connectivity index (χ1n) is 11.4. The number of carbonyl (C=O) groups is 1. The maximum Gasteiger partial charge on any atom is 0.255 e. The fraction of sp³-hybridized carbons (Fsp3) is 0.269. The fourth-order valence-corrected chi connectivity index (χ4v) is 5.91. The van der Waals surface area contributed by atoms with E-state index >= 15 is 0 Å². The van der Waals surface area contributed by atoms with Crippen molar-refractivity contribution >= 4 is 33.0 Å². The van der Waals surface area contributed by atoms with Crippen LogP contribution in [0.5, 0.6) is 0 Å². The van der Waals surface area contributed by atoms with Gasteiger partial charge in [-0.1, -0.05) is 24.3 Å². The van der Waals surface area contributed by atoms with Crippen LogP contribution in [-0.2, 0) is 21.2 Å². The highest BCUT2D eigenvalue weighted by Gasteiger charge is 2.27. The normalized spacial score (nSPS) is 16.3. The van der Waals surface area contributed by atoms with Crippen LogP contribution in [0.25, 0.3) is 0 Å². The lowest BCUT2D eigenvalue weighted by Crippen LogP contribution is -2.40. The van der Waals surface area contributed by atoms with E-state index in [4.69, 9.17) is 4.74 Å². The molecule has 3 aromatic rings. The topological polar surface area (TPSA) is 78.9 Å². The van der Waals surface area contributed by atoms with Gasteiger partial charge in [0.25, 0.3) is 5.91 Å². The smallest absolute Gasteiger partial charge is 0.255 e. The maximum atomic E-state index is 13.0. The van der Waals surface area contributed by atoms with E-state index in [1.165, 1.54) is 21.6 Å². The number of benzene rings is 3. The Labute approximate surface area is 200 Å². The Kier molecular flexibility index (Phi) is 6.12. The van der Waals surface area contributed by atoms with E-state index in [0.717, 1.165) is 18.7 Å². The minimum Gasteiger partial charge on any atom is -0.379 e. The van der Waals surface area contributed by atoms with Crippen molar-refractivity contribution in [3.8, 4) is 0 Å². The number of amides is 1. The van der Waals surface area contributed by atoms with Gasteiger partial charge in [0, 0.05) is 42.3 Å². The largest absolute Gasteiger partial charge is 0.379 e. The van der Waals surface area contributed by atoms with Gasteiger partial charge < -0.3 is 15.0 Å². The second kappa shape index (κ2) is 9.21. The van der Waals surface area contributed by atoms with Crippen LogP contribution < -0.4 is 10.2 Å². The zero-order chi connectivity index (χ0) is 23.7. The number of nitrogens with zero attached hydrogens (tertiary/aromatic N) is 2. The predicted octanol–water partition coefficient (Wildman–Crippen LogP) is 3.96. The molecule has 0 aliphatic carbocycles. The van der Waals surface area contributed by atoms with Gasteiger partial charge in [-0.3, -0.25) is 4.79 Å². The van der Waals surface area contributed by atoms with Gasteiger partial charge in [-0.2, -0.15) is 4.31 Å². The molecule has 8 heteroatoms. The number of sulfonamides is 1. The number of aryl methyl sites for hydroxylation is 1. The molecule has 0 unspecified atom stereocenters. The van der Waals surface area contributed by atoms with Crippen molar-refractivity contribution in [1.82, 2.24) is 4.31 Å². The number of carbonyl (C=O) groups excluding carboxylic acids is 1. The molecule has 176 valence electrons. The summed E-state index contributed by atoms with van der Waals surface area (Å²) in [5.41, 5.74) is 5.32. The first-order chi connectivity index (χ1) is 16.4. The SMILES string of the molecule is Cc1ccc(S(=O)(=O)N2CCOCC2)cc1C(=O)Nc1ccc(N2CCc3ccccc32)cc1. The Bertz CT molecular complexity index is 1320. The highest BCUT2D eigenvalue weighted by atomic mass is 32.2. The number of anilines is 3. The zero-order valence-corrected chi connectivity index (χ0v) is 19.8. The van der Waals surface area contributed by atoms with Crippen LogP contribution in [0.1, 0.15) is 21.5 Å². The monoisotopic (exact) mass is 477 g/mol. The molecule has 2 aliphatic heterocycles. The number of hydrogen-bond donors (Lipinski definition) is 1. The van der Waals surface area contributed by atoms with Crippen molar-refractivity contribution in [2.45, 2.75) is 18.2 Å². The Hall–Kier alpha value is -3.20. The molecule has 34 heavy (non-hydrogen) atoms. The van der Waals surface area contributed by atoms with Gasteiger partial charge in [0.15, 0.2) is 0 Å². The molecule has 2 aliphatic rings. The summed E-state index contributed by atoms with van der Waals surface area (Å²) in [5.74, 6) is -0.337. The quantitative estimate of drug-likeness (QED) is 0.602. The lowest BCUT2D eigenvalue weighted by molar-refractivity contribution is 0.0730. The second-order valence-corrected chi connectivity index (χ2v) is 10.5. The summed E-state index contributed by atoms with van der Waals surface area (Å²) in [6.07, 6.45) is 1.01. The zero-order valence-electron chi connectivity index (χ0n) is 19.0. The molecule has 1 amide bonds. The van der Waals surface area contributed by atoms with Crippen LogP contribution in [0.3, 0.4) is 0 Å². The van der Waals surface area contributed by atoms with Gasteiger partial charge in [0.05, 0.1) is 18.1 Å². The van der Waals surface area contributed by atoms with E-state index in [9.17, 15) is 13.2 Å². The number of fused-ring (bicyclic) bond motifs is 1. The molecular weight excluding hydrogens is 450 g/mol. The van der Waals surface area contributed by atoms with Gasteiger partial charge in [-0.05, 0) is 66.9 Å². The molecule has 0 aromatic heterocycles. The standard InChI is InChI=1S/C26H27N3O4S/c1-19-6-11-23(34(31,32)28-14-16-33-17-15-28)18-24(19)26(30)27-21-7-9-22(10-8-21)29-13-12-20-4-2-3-5-25(20)29/h2-11,18H,12-17H2,1H3,(H,27,30). The van der Waals surface area contributed by atoms with Gasteiger partial charge in [0.2, 0.25) is 10.0 Å². The van der Waals surface area contributed by atoms with Crippen LogP contribution >= 0.6 is 0 Å². The fourth-order valence-electron chi connectivity index (χ4n) is 4.47. The second-order valence-electron chi connectivity index (χ2n) is 8.52. The Morgan fingerprint density at radius 1 is 0.941 bits per heavy atom. The molecule has 2 heterocycles. The third-order valence-electron chi connectivity index (χ3n) is 6.39.